The van der Waals surface area contributed by atoms with Gasteiger partial charge < -0.3 is 9.13 Å². The van der Waals surface area contributed by atoms with Gasteiger partial charge in [-0.2, -0.15) is 15.8 Å². The van der Waals surface area contributed by atoms with E-state index in [4.69, 9.17) is 0 Å². The molecule has 0 unspecified atom stereocenters. The van der Waals surface area contributed by atoms with Crippen molar-refractivity contribution in [1.29, 1.82) is 15.8 Å². The van der Waals surface area contributed by atoms with Crippen molar-refractivity contribution in [1.82, 2.24) is 9.13 Å². The minimum absolute atomic E-state index is 0.484. The van der Waals surface area contributed by atoms with E-state index in [-0.39, 0.29) is 0 Å². The molecule has 244 valence electrons. The minimum Gasteiger partial charge on any atom is -0.310 e. The minimum atomic E-state index is 0.484. The fourth-order valence-corrected chi connectivity index (χ4v) is 7.40. The normalized spacial score (nSPS) is 11.2. The number of allylic oxidation sites excluding steroid dienone is 2. The van der Waals surface area contributed by atoms with Crippen LogP contribution in [0.1, 0.15) is 34.4 Å². The lowest BCUT2D eigenvalue weighted by Crippen LogP contribution is -1.99. The molecular formula is C47H31N5. The van der Waals surface area contributed by atoms with E-state index < -0.39 is 0 Å². The molecule has 8 rings (SSSR count). The summed E-state index contributed by atoms with van der Waals surface area (Å²) < 4.78 is 4.43. The fraction of sp³-hybridized carbons (Fsp3) is 0.0426. The lowest BCUT2D eigenvalue weighted by Gasteiger charge is -2.16. The van der Waals surface area contributed by atoms with Crippen molar-refractivity contribution in [3.05, 3.63) is 174 Å². The van der Waals surface area contributed by atoms with Gasteiger partial charge in [0.15, 0.2) is 0 Å². The first kappa shape index (κ1) is 31.9. The van der Waals surface area contributed by atoms with Crippen molar-refractivity contribution in [3.8, 4) is 51.8 Å². The van der Waals surface area contributed by atoms with Gasteiger partial charge in [-0.1, -0.05) is 78.9 Å². The third-order valence-electron chi connectivity index (χ3n) is 9.82. The second-order valence-electron chi connectivity index (χ2n) is 12.7. The van der Waals surface area contributed by atoms with Crippen LogP contribution < -0.4 is 0 Å². The summed E-state index contributed by atoms with van der Waals surface area (Å²) in [5, 5.41) is 33.9. The largest absolute Gasteiger partial charge is 0.310 e. The van der Waals surface area contributed by atoms with Crippen molar-refractivity contribution < 1.29 is 0 Å². The van der Waals surface area contributed by atoms with E-state index in [1.807, 2.05) is 91.0 Å². The Kier molecular flexibility index (Phi) is 8.05. The third-order valence-corrected chi connectivity index (χ3v) is 9.82. The van der Waals surface area contributed by atoms with Gasteiger partial charge >= 0.3 is 0 Å². The first-order chi connectivity index (χ1) is 25.6. The van der Waals surface area contributed by atoms with Crippen LogP contribution in [0.25, 0.3) is 72.4 Å². The Morgan fingerprint density at radius 2 is 1.21 bits per heavy atom. The molecule has 0 saturated heterocycles. The van der Waals surface area contributed by atoms with E-state index in [1.165, 1.54) is 0 Å². The van der Waals surface area contributed by atoms with Crippen LogP contribution in [0, 0.1) is 40.9 Å². The lowest BCUT2D eigenvalue weighted by atomic mass is 9.90. The van der Waals surface area contributed by atoms with Gasteiger partial charge in [-0.05, 0) is 91.2 Å². The monoisotopic (exact) mass is 665 g/mol. The van der Waals surface area contributed by atoms with Crippen LogP contribution in [-0.4, -0.2) is 9.13 Å². The average molecular weight is 666 g/mol. The molecule has 0 aliphatic heterocycles. The number of hydrogen-bond acceptors (Lipinski definition) is 3. The first-order valence-electron chi connectivity index (χ1n) is 17.1. The average Bonchev–Trinajstić information content (AvgIpc) is 3.68. The van der Waals surface area contributed by atoms with Gasteiger partial charge in [0.25, 0.3) is 0 Å². The molecule has 2 aromatic heterocycles. The third kappa shape index (κ3) is 5.16. The van der Waals surface area contributed by atoms with Gasteiger partial charge in [0.2, 0.25) is 0 Å². The highest BCUT2D eigenvalue weighted by atomic mass is 15.0. The standard InChI is InChI=1S/C47H31N5/c1-3-4-5-15-43-31(2)40-25-32(28-48)19-24-47(40)51(43)36-22-20-33(21-23-36)41-26-35(30-50)42(27-34(41)29-49)39-14-8-11-18-46(39)52-44-16-9-6-12-37(44)38-13-7-10-17-45(38)52/h3,5-27H,1,4H2,2H3/b15-5-. The summed E-state index contributed by atoms with van der Waals surface area (Å²) in [5.41, 5.74) is 11.8. The van der Waals surface area contributed by atoms with Crippen molar-refractivity contribution >= 4 is 38.8 Å². The quantitative estimate of drug-likeness (QED) is 0.159. The molecule has 0 amide bonds. The molecule has 5 nitrogen and oxygen atoms in total. The van der Waals surface area contributed by atoms with Crippen molar-refractivity contribution in [2.75, 3.05) is 0 Å². The Hall–Kier alpha value is -7.39. The highest BCUT2D eigenvalue weighted by Crippen LogP contribution is 2.39. The van der Waals surface area contributed by atoms with Crippen LogP contribution in [0.4, 0.5) is 0 Å². The maximum absolute atomic E-state index is 10.6. The van der Waals surface area contributed by atoms with Crippen LogP contribution >= 0.6 is 0 Å². The molecule has 0 bridgehead atoms. The van der Waals surface area contributed by atoms with E-state index in [0.717, 1.165) is 72.9 Å². The summed E-state index contributed by atoms with van der Waals surface area (Å²) in [5.74, 6) is 0. The lowest BCUT2D eigenvalue weighted by molar-refractivity contribution is 1.09. The summed E-state index contributed by atoms with van der Waals surface area (Å²) in [6, 6.07) is 49.4. The Morgan fingerprint density at radius 3 is 1.88 bits per heavy atom. The molecule has 2 heterocycles. The summed E-state index contributed by atoms with van der Waals surface area (Å²) in [7, 11) is 0. The van der Waals surface area contributed by atoms with Crippen LogP contribution in [-0.2, 0) is 0 Å². The van der Waals surface area contributed by atoms with Crippen molar-refractivity contribution in [2.24, 2.45) is 0 Å². The maximum Gasteiger partial charge on any atom is 0.0998 e. The number of aromatic nitrogens is 2. The Bertz CT molecular complexity index is 2820. The summed E-state index contributed by atoms with van der Waals surface area (Å²) in [6.45, 7) is 5.92. The van der Waals surface area contributed by atoms with Crippen LogP contribution in [0.15, 0.2) is 146 Å². The molecule has 0 saturated carbocycles. The number of benzene rings is 6. The van der Waals surface area contributed by atoms with E-state index in [0.29, 0.717) is 27.8 Å². The summed E-state index contributed by atoms with van der Waals surface area (Å²) in [4.78, 5) is 0. The molecule has 52 heavy (non-hydrogen) atoms. The predicted octanol–water partition coefficient (Wildman–Crippen LogP) is 11.6. The Labute approximate surface area is 302 Å². The molecule has 0 aliphatic carbocycles. The molecule has 0 N–H and O–H groups in total. The van der Waals surface area contributed by atoms with Crippen LogP contribution in [0.2, 0.25) is 0 Å². The summed E-state index contributed by atoms with van der Waals surface area (Å²) >= 11 is 0. The molecule has 0 fully saturated rings. The first-order valence-corrected chi connectivity index (χ1v) is 17.1. The zero-order chi connectivity index (χ0) is 35.8. The highest BCUT2D eigenvalue weighted by Gasteiger charge is 2.20. The number of rotatable bonds is 7. The molecule has 0 radical (unpaired) electrons. The number of nitriles is 3. The van der Waals surface area contributed by atoms with E-state index in [9.17, 15) is 15.8 Å². The van der Waals surface area contributed by atoms with Gasteiger partial charge in [-0.25, -0.2) is 0 Å². The number of hydrogen-bond donors (Lipinski definition) is 0. The number of para-hydroxylation sites is 3. The molecular weight excluding hydrogens is 635 g/mol. The zero-order valence-corrected chi connectivity index (χ0v) is 28.5. The van der Waals surface area contributed by atoms with E-state index in [2.05, 4.69) is 95.5 Å². The second-order valence-corrected chi connectivity index (χ2v) is 12.7. The number of nitrogens with zero attached hydrogens (tertiary/aromatic N) is 5. The number of aryl methyl sites for hydroxylation is 1. The summed E-state index contributed by atoms with van der Waals surface area (Å²) in [6.07, 6.45) is 6.77. The Balaban J connectivity index is 1.25. The Morgan fingerprint density at radius 1 is 0.596 bits per heavy atom. The zero-order valence-electron chi connectivity index (χ0n) is 28.5. The molecule has 0 atom stereocenters. The van der Waals surface area contributed by atoms with Crippen molar-refractivity contribution in [2.45, 2.75) is 13.3 Å². The molecule has 8 aromatic rings. The van der Waals surface area contributed by atoms with Gasteiger partial charge in [0.05, 0.1) is 57.1 Å². The van der Waals surface area contributed by atoms with Crippen LogP contribution in [0.3, 0.4) is 0 Å². The molecule has 5 heteroatoms. The van der Waals surface area contributed by atoms with Crippen molar-refractivity contribution in [3.63, 3.8) is 0 Å². The molecule has 6 aromatic carbocycles. The molecule has 0 aliphatic rings. The highest BCUT2D eigenvalue weighted by molar-refractivity contribution is 6.09. The van der Waals surface area contributed by atoms with E-state index in [1.54, 1.807) is 0 Å². The second kappa shape index (κ2) is 13.1. The SMILES string of the molecule is C=CC/C=C\c1c(C)c2cc(C#N)ccc2n1-c1ccc(-c2cc(C#N)c(-c3ccccc3-n3c4ccccc4c4ccccc43)cc2C#N)cc1. The van der Waals surface area contributed by atoms with Gasteiger partial charge in [0.1, 0.15) is 0 Å². The predicted molar refractivity (Wildman–Crippen MR) is 211 cm³/mol. The number of fused-ring (bicyclic) bond motifs is 4. The van der Waals surface area contributed by atoms with Gasteiger partial charge in [0, 0.05) is 44.2 Å². The smallest absolute Gasteiger partial charge is 0.0998 e. The fourth-order valence-electron chi connectivity index (χ4n) is 7.40. The van der Waals surface area contributed by atoms with Gasteiger partial charge in [-0.15, -0.1) is 6.58 Å². The van der Waals surface area contributed by atoms with Gasteiger partial charge in [-0.3, -0.25) is 0 Å². The van der Waals surface area contributed by atoms with Crippen LogP contribution in [0.5, 0.6) is 0 Å². The maximum atomic E-state index is 10.6. The molecule has 0 spiro atoms. The topological polar surface area (TPSA) is 81.2 Å². The van der Waals surface area contributed by atoms with E-state index >= 15 is 0 Å².